The van der Waals surface area contributed by atoms with Gasteiger partial charge in [0.2, 0.25) is 0 Å². The van der Waals surface area contributed by atoms with Gasteiger partial charge in [0.05, 0.1) is 91.5 Å². The van der Waals surface area contributed by atoms with Crippen LogP contribution in [0.1, 0.15) is 27.7 Å². The van der Waals surface area contributed by atoms with Crippen LogP contribution in [0.2, 0.25) is 0 Å². The van der Waals surface area contributed by atoms with Gasteiger partial charge in [0.15, 0.2) is 0 Å². The van der Waals surface area contributed by atoms with E-state index in [1.807, 2.05) is 32.0 Å². The Labute approximate surface area is 250 Å². The molecule has 0 heterocycles. The monoisotopic (exact) mass is 601 g/mol. The van der Waals surface area contributed by atoms with Crippen LogP contribution in [0.5, 0.6) is 0 Å². The number of esters is 2. The summed E-state index contributed by atoms with van der Waals surface area (Å²) in [5.41, 5.74) is 1.11. The van der Waals surface area contributed by atoms with Gasteiger partial charge in [-0.3, -0.25) is 9.59 Å². The third kappa shape index (κ3) is 23.3. The van der Waals surface area contributed by atoms with Crippen molar-refractivity contribution < 1.29 is 52.2 Å². The molecule has 0 bridgehead atoms. The van der Waals surface area contributed by atoms with Crippen LogP contribution < -0.4 is 4.90 Å². The summed E-state index contributed by atoms with van der Waals surface area (Å²) in [6, 6.07) is 10.2. The highest BCUT2D eigenvalue weighted by atomic mass is 16.6. The van der Waals surface area contributed by atoms with E-state index in [0.717, 1.165) is 18.8 Å². The predicted molar refractivity (Wildman–Crippen MR) is 157 cm³/mol. The Morgan fingerprint density at radius 2 is 0.976 bits per heavy atom. The first-order chi connectivity index (χ1) is 20.4. The van der Waals surface area contributed by atoms with Crippen molar-refractivity contribution in [2.45, 2.75) is 39.9 Å². The molecular weight excluding hydrogens is 550 g/mol. The fourth-order valence-electron chi connectivity index (χ4n) is 3.48. The summed E-state index contributed by atoms with van der Waals surface area (Å²) in [7, 11) is 0. The quantitative estimate of drug-likeness (QED) is 0.104. The highest BCUT2D eigenvalue weighted by molar-refractivity contribution is 5.66. The highest BCUT2D eigenvalue weighted by Gasteiger charge is 2.09. The molecule has 0 radical (unpaired) electrons. The van der Waals surface area contributed by atoms with Gasteiger partial charge in [0.1, 0.15) is 13.2 Å². The van der Waals surface area contributed by atoms with Gasteiger partial charge in [-0.05, 0) is 26.0 Å². The third-order valence-corrected chi connectivity index (χ3v) is 5.54. The molecule has 0 spiro atoms. The maximum atomic E-state index is 10.7. The lowest BCUT2D eigenvalue weighted by Crippen LogP contribution is -2.32. The lowest BCUT2D eigenvalue weighted by Gasteiger charge is -2.25. The first-order valence-corrected chi connectivity index (χ1v) is 14.6. The Hall–Kier alpha value is -2.32. The molecule has 1 aromatic rings. The molecule has 12 nitrogen and oxygen atoms in total. The highest BCUT2D eigenvalue weighted by Crippen LogP contribution is 2.12. The van der Waals surface area contributed by atoms with E-state index in [1.165, 1.54) is 13.8 Å². The van der Waals surface area contributed by atoms with Crippen LogP contribution in [0.3, 0.4) is 0 Å². The van der Waals surface area contributed by atoms with Gasteiger partial charge in [-0.25, -0.2) is 0 Å². The second-order valence-electron chi connectivity index (χ2n) is 9.35. The first kappa shape index (κ1) is 37.7. The van der Waals surface area contributed by atoms with Gasteiger partial charge in [-0.15, -0.1) is 0 Å². The van der Waals surface area contributed by atoms with E-state index in [4.69, 9.17) is 42.6 Å². The molecule has 0 fully saturated rings. The van der Waals surface area contributed by atoms with E-state index in [1.54, 1.807) is 0 Å². The Kier molecular flexibility index (Phi) is 23.6. The lowest BCUT2D eigenvalue weighted by molar-refractivity contribution is -0.143. The molecule has 1 rings (SSSR count). The molecule has 0 saturated heterocycles. The minimum Gasteiger partial charge on any atom is -0.463 e. The fourth-order valence-corrected chi connectivity index (χ4v) is 3.48. The predicted octanol–water partition coefficient (Wildman–Crippen LogP) is 2.51. The van der Waals surface area contributed by atoms with Crippen molar-refractivity contribution in [2.24, 2.45) is 0 Å². The summed E-state index contributed by atoms with van der Waals surface area (Å²) < 4.78 is 48.9. The first-order valence-electron chi connectivity index (χ1n) is 14.6. The zero-order valence-corrected chi connectivity index (χ0v) is 25.8. The topological polar surface area (TPSA) is 120 Å². The average Bonchev–Trinajstić information content (AvgIpc) is 2.96. The van der Waals surface area contributed by atoms with E-state index >= 15 is 0 Å². The van der Waals surface area contributed by atoms with Crippen molar-refractivity contribution >= 4 is 17.6 Å². The van der Waals surface area contributed by atoms with Gasteiger partial charge < -0.3 is 47.5 Å². The molecular formula is C30H51NO11. The van der Waals surface area contributed by atoms with Crippen molar-refractivity contribution in [2.75, 3.05) is 110 Å². The smallest absolute Gasteiger partial charge is 0.302 e. The molecule has 0 N–H and O–H groups in total. The molecule has 0 amide bonds. The number of carbonyl (C=O) groups excluding carboxylic acids is 2. The summed E-state index contributed by atoms with van der Waals surface area (Å²) in [5.74, 6) is -0.626. The summed E-state index contributed by atoms with van der Waals surface area (Å²) in [6.07, 6.45) is -0.114. The summed E-state index contributed by atoms with van der Waals surface area (Å²) in [5, 5.41) is 0. The van der Waals surface area contributed by atoms with Gasteiger partial charge in [0, 0.05) is 32.6 Å². The number of rotatable bonds is 28. The zero-order chi connectivity index (χ0) is 30.7. The van der Waals surface area contributed by atoms with Crippen molar-refractivity contribution in [3.63, 3.8) is 0 Å². The number of benzene rings is 1. The van der Waals surface area contributed by atoms with Crippen LogP contribution in [0, 0.1) is 0 Å². The standard InChI is InChI=1S/C30H51NO11/c1-26(39-20-16-34-14-15-35-18-22-41-28(3)32)24-37-12-10-31(30-8-6-5-7-9-30)11-13-38-25-27(2)40-21-17-36-19-23-42-29(4)33/h5-9,26-27H,10-25H2,1-4H3. The van der Waals surface area contributed by atoms with E-state index in [-0.39, 0.29) is 37.4 Å². The molecule has 242 valence electrons. The number of anilines is 1. The second kappa shape index (κ2) is 26.3. The van der Waals surface area contributed by atoms with Gasteiger partial charge >= 0.3 is 11.9 Å². The van der Waals surface area contributed by atoms with Crippen LogP contribution >= 0.6 is 0 Å². The summed E-state index contributed by atoms with van der Waals surface area (Å²) in [6.45, 7) is 14.1. The Morgan fingerprint density at radius 3 is 1.40 bits per heavy atom. The number of para-hydroxylation sites is 1. The molecule has 0 aliphatic heterocycles. The van der Waals surface area contributed by atoms with E-state index in [0.29, 0.717) is 79.3 Å². The summed E-state index contributed by atoms with van der Waals surface area (Å²) in [4.78, 5) is 23.6. The van der Waals surface area contributed by atoms with Gasteiger partial charge in [-0.1, -0.05) is 18.2 Å². The van der Waals surface area contributed by atoms with Crippen LogP contribution in [0.15, 0.2) is 30.3 Å². The molecule has 0 aliphatic rings. The van der Waals surface area contributed by atoms with Crippen LogP contribution in [0.4, 0.5) is 5.69 Å². The molecule has 0 saturated carbocycles. The van der Waals surface area contributed by atoms with Crippen LogP contribution in [-0.2, 0) is 52.2 Å². The van der Waals surface area contributed by atoms with Crippen molar-refractivity contribution in [1.82, 2.24) is 0 Å². The number of hydrogen-bond acceptors (Lipinski definition) is 12. The minimum absolute atomic E-state index is 0.0529. The van der Waals surface area contributed by atoms with Crippen molar-refractivity contribution in [3.8, 4) is 0 Å². The van der Waals surface area contributed by atoms with Crippen molar-refractivity contribution in [3.05, 3.63) is 30.3 Å². The Balaban J connectivity index is 2.12. The molecule has 0 aromatic heterocycles. The molecule has 42 heavy (non-hydrogen) atoms. The average molecular weight is 602 g/mol. The molecule has 2 unspecified atom stereocenters. The lowest BCUT2D eigenvalue weighted by atomic mass is 10.3. The largest absolute Gasteiger partial charge is 0.463 e. The molecule has 12 heteroatoms. The maximum Gasteiger partial charge on any atom is 0.302 e. The molecule has 1 aromatic carbocycles. The zero-order valence-electron chi connectivity index (χ0n) is 25.8. The molecule has 0 aliphatic carbocycles. The normalized spacial score (nSPS) is 12.6. The van der Waals surface area contributed by atoms with E-state index in [9.17, 15) is 9.59 Å². The van der Waals surface area contributed by atoms with E-state index < -0.39 is 0 Å². The molecule has 2 atom stereocenters. The van der Waals surface area contributed by atoms with Crippen LogP contribution in [0.25, 0.3) is 0 Å². The van der Waals surface area contributed by atoms with Gasteiger partial charge in [-0.2, -0.15) is 0 Å². The maximum absolute atomic E-state index is 10.7. The SMILES string of the molecule is CC(=O)OCCOCCOCCOC(C)COCCN(CCOCC(C)OCCOCCOC(C)=O)c1ccccc1. The number of carbonyl (C=O) groups is 2. The summed E-state index contributed by atoms with van der Waals surface area (Å²) >= 11 is 0. The minimum atomic E-state index is -0.313. The van der Waals surface area contributed by atoms with Gasteiger partial charge in [0.25, 0.3) is 0 Å². The second-order valence-corrected chi connectivity index (χ2v) is 9.35. The number of ether oxygens (including phenoxy) is 9. The Bertz CT molecular complexity index is 784. The van der Waals surface area contributed by atoms with Crippen LogP contribution in [-0.4, -0.2) is 130 Å². The number of nitrogens with zero attached hydrogens (tertiary/aromatic N) is 1. The fraction of sp³-hybridized carbons (Fsp3) is 0.733. The number of hydrogen-bond donors (Lipinski definition) is 0. The van der Waals surface area contributed by atoms with Crippen molar-refractivity contribution in [1.29, 1.82) is 0 Å². The Morgan fingerprint density at radius 1 is 0.571 bits per heavy atom. The third-order valence-electron chi connectivity index (χ3n) is 5.54. The van der Waals surface area contributed by atoms with E-state index in [2.05, 4.69) is 17.0 Å².